The zero-order valence-electron chi connectivity index (χ0n) is 11.3. The number of likely N-dealkylation sites (N-methyl/N-ethyl adjacent to an activating group) is 1. The first-order valence-corrected chi connectivity index (χ1v) is 6.36. The Balaban J connectivity index is 2.13. The summed E-state index contributed by atoms with van der Waals surface area (Å²) in [5, 5.41) is 2.50. The molecule has 1 aliphatic rings. The predicted molar refractivity (Wildman–Crippen MR) is 67.4 cm³/mol. The van der Waals surface area contributed by atoms with Crippen molar-refractivity contribution < 1.29 is 22.8 Å². The molecule has 1 aromatic rings. The molecule has 0 aromatic carbocycles. The van der Waals surface area contributed by atoms with Gasteiger partial charge in [0.2, 0.25) is 5.91 Å². The molecule has 1 saturated heterocycles. The van der Waals surface area contributed by atoms with Crippen molar-refractivity contribution in [2.24, 2.45) is 0 Å². The highest BCUT2D eigenvalue weighted by molar-refractivity contribution is 5.94. The second-order valence-electron chi connectivity index (χ2n) is 4.88. The number of amides is 2. The molecule has 1 fully saturated rings. The number of nitrogens with one attached hydrogen (secondary N) is 1. The highest BCUT2D eigenvalue weighted by Crippen LogP contribution is 2.31. The van der Waals surface area contributed by atoms with Crippen LogP contribution in [0, 0.1) is 0 Å². The second-order valence-corrected chi connectivity index (χ2v) is 4.88. The Morgan fingerprint density at radius 1 is 1.48 bits per heavy atom. The van der Waals surface area contributed by atoms with Crippen LogP contribution in [0.1, 0.15) is 28.9 Å². The van der Waals surface area contributed by atoms with E-state index in [1.807, 2.05) is 0 Å². The molecule has 0 spiro atoms. The maximum atomic E-state index is 12.8. The number of aromatic nitrogens is 1. The quantitative estimate of drug-likeness (QED) is 0.899. The fourth-order valence-electron chi connectivity index (χ4n) is 2.20. The molecule has 8 heteroatoms. The van der Waals surface area contributed by atoms with Gasteiger partial charge < -0.3 is 10.2 Å². The van der Waals surface area contributed by atoms with Crippen LogP contribution in [0.2, 0.25) is 0 Å². The first-order valence-electron chi connectivity index (χ1n) is 6.36. The summed E-state index contributed by atoms with van der Waals surface area (Å²) in [6.07, 6.45) is -2.83. The Bertz CT molecular complexity index is 560. The van der Waals surface area contributed by atoms with E-state index >= 15 is 0 Å². The lowest BCUT2D eigenvalue weighted by Crippen LogP contribution is -2.48. The van der Waals surface area contributed by atoms with Crippen LogP contribution in [0.5, 0.6) is 0 Å². The standard InChI is InChI=1S/C13H14F3N3O2/c1-19-7-8(4-5-10(19)20)18-12(21)11-9(13(14,15)16)3-2-6-17-11/h2-3,6,8H,4-5,7H2,1H3,(H,18,21). The van der Waals surface area contributed by atoms with Crippen LogP contribution in [-0.4, -0.2) is 41.3 Å². The third-order valence-corrected chi connectivity index (χ3v) is 3.29. The molecule has 5 nitrogen and oxygen atoms in total. The number of pyridine rings is 1. The van der Waals surface area contributed by atoms with E-state index in [2.05, 4.69) is 10.3 Å². The van der Waals surface area contributed by atoms with Gasteiger partial charge in [-0.1, -0.05) is 0 Å². The lowest BCUT2D eigenvalue weighted by atomic mass is 10.0. The summed E-state index contributed by atoms with van der Waals surface area (Å²) in [5.41, 5.74) is -1.72. The van der Waals surface area contributed by atoms with Crippen molar-refractivity contribution in [3.63, 3.8) is 0 Å². The zero-order valence-corrected chi connectivity index (χ0v) is 11.3. The summed E-state index contributed by atoms with van der Waals surface area (Å²) < 4.78 is 38.5. The zero-order chi connectivity index (χ0) is 15.6. The Hall–Kier alpha value is -2.12. The number of carbonyl (C=O) groups excluding carboxylic acids is 2. The minimum Gasteiger partial charge on any atom is -0.346 e. The lowest BCUT2D eigenvalue weighted by molar-refractivity contribution is -0.138. The van der Waals surface area contributed by atoms with Gasteiger partial charge in [0.25, 0.3) is 5.91 Å². The van der Waals surface area contributed by atoms with Crippen molar-refractivity contribution >= 4 is 11.8 Å². The summed E-state index contributed by atoms with van der Waals surface area (Å²) in [4.78, 5) is 28.3. The molecule has 1 unspecified atom stereocenters. The highest BCUT2D eigenvalue weighted by atomic mass is 19.4. The molecular formula is C13H14F3N3O2. The van der Waals surface area contributed by atoms with Crippen LogP contribution in [0.3, 0.4) is 0 Å². The van der Waals surface area contributed by atoms with Crippen molar-refractivity contribution in [3.8, 4) is 0 Å². The average Bonchev–Trinajstić information content (AvgIpc) is 2.42. The summed E-state index contributed by atoms with van der Waals surface area (Å²) >= 11 is 0. The van der Waals surface area contributed by atoms with Crippen molar-refractivity contribution in [2.45, 2.75) is 25.1 Å². The van der Waals surface area contributed by atoms with Gasteiger partial charge in [-0.05, 0) is 18.6 Å². The largest absolute Gasteiger partial charge is 0.418 e. The van der Waals surface area contributed by atoms with Crippen molar-refractivity contribution in [1.29, 1.82) is 0 Å². The van der Waals surface area contributed by atoms with Crippen LogP contribution in [0.25, 0.3) is 0 Å². The van der Waals surface area contributed by atoms with Crippen LogP contribution in [0.15, 0.2) is 18.3 Å². The summed E-state index contributed by atoms with van der Waals surface area (Å²) in [7, 11) is 1.59. The van der Waals surface area contributed by atoms with Crippen LogP contribution >= 0.6 is 0 Å². The van der Waals surface area contributed by atoms with E-state index in [1.165, 1.54) is 4.90 Å². The fourth-order valence-corrected chi connectivity index (χ4v) is 2.20. The molecule has 0 saturated carbocycles. The molecule has 0 radical (unpaired) electrons. The molecule has 114 valence electrons. The van der Waals surface area contributed by atoms with Gasteiger partial charge >= 0.3 is 6.18 Å². The smallest absolute Gasteiger partial charge is 0.346 e. The number of halogens is 3. The van der Waals surface area contributed by atoms with Crippen molar-refractivity contribution in [1.82, 2.24) is 15.2 Å². The normalized spacial score (nSPS) is 19.5. The number of alkyl halides is 3. The van der Waals surface area contributed by atoms with Crippen LogP contribution < -0.4 is 5.32 Å². The highest BCUT2D eigenvalue weighted by Gasteiger charge is 2.36. The Morgan fingerprint density at radius 3 is 2.81 bits per heavy atom. The van der Waals surface area contributed by atoms with E-state index in [1.54, 1.807) is 7.05 Å². The van der Waals surface area contributed by atoms with Gasteiger partial charge in [0.05, 0.1) is 5.56 Å². The van der Waals surface area contributed by atoms with Gasteiger partial charge in [-0.3, -0.25) is 14.6 Å². The maximum absolute atomic E-state index is 12.8. The molecule has 2 amide bonds. The molecule has 1 atom stereocenters. The Kier molecular flexibility index (Phi) is 4.15. The topological polar surface area (TPSA) is 62.3 Å². The first-order chi connectivity index (χ1) is 9.79. The molecule has 1 aliphatic heterocycles. The van der Waals surface area contributed by atoms with E-state index in [4.69, 9.17) is 0 Å². The molecular weight excluding hydrogens is 287 g/mol. The third-order valence-electron chi connectivity index (χ3n) is 3.29. The number of hydrogen-bond donors (Lipinski definition) is 1. The minimum atomic E-state index is -4.64. The molecule has 0 bridgehead atoms. The molecule has 1 N–H and O–H groups in total. The predicted octanol–water partition coefficient (Wildman–Crippen LogP) is 1.45. The lowest BCUT2D eigenvalue weighted by Gasteiger charge is -2.30. The second kappa shape index (κ2) is 5.71. The van der Waals surface area contributed by atoms with Gasteiger partial charge in [0.1, 0.15) is 5.69 Å². The average molecular weight is 301 g/mol. The van der Waals surface area contributed by atoms with Crippen LogP contribution in [0.4, 0.5) is 13.2 Å². The van der Waals surface area contributed by atoms with Crippen molar-refractivity contribution in [2.75, 3.05) is 13.6 Å². The van der Waals surface area contributed by atoms with E-state index in [9.17, 15) is 22.8 Å². The van der Waals surface area contributed by atoms with Gasteiger partial charge in [-0.25, -0.2) is 0 Å². The number of rotatable bonds is 2. The SMILES string of the molecule is CN1CC(NC(=O)c2ncccc2C(F)(F)F)CCC1=O. The number of hydrogen-bond acceptors (Lipinski definition) is 3. The monoisotopic (exact) mass is 301 g/mol. The summed E-state index contributed by atoms with van der Waals surface area (Å²) in [6.45, 7) is 0.277. The summed E-state index contributed by atoms with van der Waals surface area (Å²) in [6, 6.07) is 1.58. The van der Waals surface area contributed by atoms with Crippen LogP contribution in [-0.2, 0) is 11.0 Å². The van der Waals surface area contributed by atoms with Gasteiger partial charge in [0.15, 0.2) is 0 Å². The number of likely N-dealkylation sites (tertiary alicyclic amines) is 1. The molecule has 2 rings (SSSR count). The van der Waals surface area contributed by atoms with Crippen molar-refractivity contribution in [3.05, 3.63) is 29.6 Å². The van der Waals surface area contributed by atoms with E-state index in [0.29, 0.717) is 6.42 Å². The number of piperidine rings is 1. The molecule has 0 aliphatic carbocycles. The van der Waals surface area contributed by atoms with Gasteiger partial charge in [0, 0.05) is 32.3 Å². The Labute approximate surface area is 119 Å². The Morgan fingerprint density at radius 2 is 2.19 bits per heavy atom. The molecule has 21 heavy (non-hydrogen) atoms. The number of nitrogens with zero attached hydrogens (tertiary/aromatic N) is 2. The third kappa shape index (κ3) is 3.50. The minimum absolute atomic E-state index is 0.0469. The fraction of sp³-hybridized carbons (Fsp3) is 0.462. The van der Waals surface area contributed by atoms with Gasteiger partial charge in [-0.2, -0.15) is 13.2 Å². The first kappa shape index (κ1) is 15.3. The van der Waals surface area contributed by atoms with E-state index < -0.39 is 23.3 Å². The van der Waals surface area contributed by atoms with E-state index in [-0.39, 0.29) is 24.9 Å². The molecule has 1 aromatic heterocycles. The number of carbonyl (C=O) groups is 2. The van der Waals surface area contributed by atoms with Gasteiger partial charge in [-0.15, -0.1) is 0 Å². The molecule has 2 heterocycles. The van der Waals surface area contributed by atoms with E-state index in [0.717, 1.165) is 18.3 Å². The maximum Gasteiger partial charge on any atom is 0.418 e. The summed E-state index contributed by atoms with van der Waals surface area (Å²) in [5.74, 6) is -0.926.